The van der Waals surface area contributed by atoms with Gasteiger partial charge in [-0.1, -0.05) is 24.6 Å². The van der Waals surface area contributed by atoms with Gasteiger partial charge in [0.25, 0.3) is 0 Å². The fraction of sp³-hybridized carbons (Fsp3) is 0.400. The Labute approximate surface area is 78.7 Å². The smallest absolute Gasteiger partial charge is 0.0409 e. The van der Waals surface area contributed by atoms with Gasteiger partial charge >= 0.3 is 0 Å². The van der Waals surface area contributed by atoms with Crippen molar-refractivity contribution in [1.29, 1.82) is 0 Å². The first-order chi connectivity index (χ1) is 5.77. The van der Waals surface area contributed by atoms with E-state index in [1.54, 1.807) is 0 Å². The van der Waals surface area contributed by atoms with Gasteiger partial charge in [-0.15, -0.1) is 0 Å². The second kappa shape index (κ2) is 4.48. The molecule has 1 rings (SSSR count). The molecule has 12 heavy (non-hydrogen) atoms. The molecule has 0 aliphatic rings. The number of nitrogens with one attached hydrogen (secondary N) is 1. The molecule has 1 N–H and O–H groups in total. The highest BCUT2D eigenvalue weighted by Gasteiger charge is 1.99. The van der Waals surface area contributed by atoms with Crippen molar-refractivity contribution in [2.75, 3.05) is 7.05 Å². The quantitative estimate of drug-likeness (QED) is 0.760. The standard InChI is InChI=1S/C10H14ClN/c1-3-8-4-5-10(11)6-9(8)7-12-2/h4-6,12H,3,7H2,1-2H3. The highest BCUT2D eigenvalue weighted by molar-refractivity contribution is 6.30. The second-order valence-corrected chi connectivity index (χ2v) is 3.23. The average molecular weight is 184 g/mol. The van der Waals surface area contributed by atoms with Crippen LogP contribution < -0.4 is 5.32 Å². The Hall–Kier alpha value is -0.530. The average Bonchev–Trinajstić information content (AvgIpc) is 2.05. The Morgan fingerprint density at radius 1 is 1.33 bits per heavy atom. The first-order valence-electron chi connectivity index (χ1n) is 4.19. The number of aryl methyl sites for hydroxylation is 1. The summed E-state index contributed by atoms with van der Waals surface area (Å²) in [5, 5.41) is 3.94. The monoisotopic (exact) mass is 183 g/mol. The summed E-state index contributed by atoms with van der Waals surface area (Å²) < 4.78 is 0. The molecule has 1 aromatic rings. The minimum atomic E-state index is 0.817. The lowest BCUT2D eigenvalue weighted by atomic mass is 10.1. The van der Waals surface area contributed by atoms with Crippen LogP contribution in [0.3, 0.4) is 0 Å². The zero-order valence-electron chi connectivity index (χ0n) is 7.52. The van der Waals surface area contributed by atoms with Crippen LogP contribution in [0.2, 0.25) is 5.02 Å². The summed E-state index contributed by atoms with van der Waals surface area (Å²) in [5.74, 6) is 0. The van der Waals surface area contributed by atoms with Crippen LogP contribution in [0.15, 0.2) is 18.2 Å². The zero-order valence-corrected chi connectivity index (χ0v) is 8.28. The molecule has 1 aromatic carbocycles. The van der Waals surface area contributed by atoms with Gasteiger partial charge < -0.3 is 5.32 Å². The van der Waals surface area contributed by atoms with Gasteiger partial charge in [0.15, 0.2) is 0 Å². The molecule has 0 aromatic heterocycles. The zero-order chi connectivity index (χ0) is 8.97. The van der Waals surface area contributed by atoms with E-state index in [-0.39, 0.29) is 0 Å². The molecule has 0 unspecified atom stereocenters. The Balaban J connectivity index is 2.95. The van der Waals surface area contributed by atoms with Crippen LogP contribution >= 0.6 is 11.6 Å². The topological polar surface area (TPSA) is 12.0 Å². The summed E-state index contributed by atoms with van der Waals surface area (Å²) >= 11 is 5.88. The Kier molecular flexibility index (Phi) is 3.57. The summed E-state index contributed by atoms with van der Waals surface area (Å²) in [5.41, 5.74) is 2.67. The predicted molar refractivity (Wildman–Crippen MR) is 53.6 cm³/mol. The maximum Gasteiger partial charge on any atom is 0.0409 e. The third-order valence-electron chi connectivity index (χ3n) is 1.92. The van der Waals surface area contributed by atoms with E-state index in [0.717, 1.165) is 18.0 Å². The first-order valence-corrected chi connectivity index (χ1v) is 4.57. The molecular formula is C10H14ClN. The molecule has 1 nitrogen and oxygen atoms in total. The van der Waals surface area contributed by atoms with Crippen molar-refractivity contribution in [2.24, 2.45) is 0 Å². The number of benzene rings is 1. The number of hydrogen-bond acceptors (Lipinski definition) is 1. The van der Waals surface area contributed by atoms with Crippen LogP contribution in [0.25, 0.3) is 0 Å². The lowest BCUT2D eigenvalue weighted by Crippen LogP contribution is -2.07. The van der Waals surface area contributed by atoms with E-state index in [2.05, 4.69) is 18.3 Å². The van der Waals surface area contributed by atoms with Gasteiger partial charge in [0, 0.05) is 11.6 Å². The number of halogens is 1. The highest BCUT2D eigenvalue weighted by Crippen LogP contribution is 2.16. The predicted octanol–water partition coefficient (Wildman–Crippen LogP) is 2.62. The van der Waals surface area contributed by atoms with Crippen LogP contribution in [0.5, 0.6) is 0 Å². The molecule has 0 bridgehead atoms. The molecule has 0 radical (unpaired) electrons. The van der Waals surface area contributed by atoms with Crippen LogP contribution in [-0.4, -0.2) is 7.05 Å². The van der Waals surface area contributed by atoms with Gasteiger partial charge in [0.05, 0.1) is 0 Å². The van der Waals surface area contributed by atoms with Crippen molar-refractivity contribution in [3.63, 3.8) is 0 Å². The van der Waals surface area contributed by atoms with Gasteiger partial charge in [0.2, 0.25) is 0 Å². The van der Waals surface area contributed by atoms with Gasteiger partial charge in [-0.2, -0.15) is 0 Å². The number of hydrogen-bond donors (Lipinski definition) is 1. The van der Waals surface area contributed by atoms with Gasteiger partial charge in [-0.05, 0) is 36.7 Å². The van der Waals surface area contributed by atoms with Gasteiger partial charge in [0.1, 0.15) is 0 Å². The van der Waals surface area contributed by atoms with Crippen LogP contribution in [0.4, 0.5) is 0 Å². The van der Waals surface area contributed by atoms with E-state index in [1.165, 1.54) is 11.1 Å². The van der Waals surface area contributed by atoms with Crippen molar-refractivity contribution < 1.29 is 0 Å². The fourth-order valence-corrected chi connectivity index (χ4v) is 1.49. The maximum atomic E-state index is 5.88. The normalized spacial score (nSPS) is 10.2. The van der Waals surface area contributed by atoms with Crippen LogP contribution in [0.1, 0.15) is 18.1 Å². The van der Waals surface area contributed by atoms with E-state index in [9.17, 15) is 0 Å². The number of rotatable bonds is 3. The Morgan fingerprint density at radius 3 is 2.67 bits per heavy atom. The third-order valence-corrected chi connectivity index (χ3v) is 2.15. The second-order valence-electron chi connectivity index (χ2n) is 2.80. The molecule has 0 amide bonds. The van der Waals surface area contributed by atoms with Crippen molar-refractivity contribution in [1.82, 2.24) is 5.32 Å². The van der Waals surface area contributed by atoms with Gasteiger partial charge in [-0.25, -0.2) is 0 Å². The molecule has 0 heterocycles. The molecule has 0 aliphatic heterocycles. The Morgan fingerprint density at radius 2 is 2.08 bits per heavy atom. The minimum Gasteiger partial charge on any atom is -0.316 e. The van der Waals surface area contributed by atoms with Gasteiger partial charge in [-0.3, -0.25) is 0 Å². The third kappa shape index (κ3) is 2.23. The fourth-order valence-electron chi connectivity index (χ4n) is 1.29. The molecule has 0 saturated heterocycles. The maximum absolute atomic E-state index is 5.88. The molecular weight excluding hydrogens is 170 g/mol. The van der Waals surface area contributed by atoms with E-state index in [0.29, 0.717) is 0 Å². The molecule has 0 atom stereocenters. The van der Waals surface area contributed by atoms with E-state index < -0.39 is 0 Å². The first kappa shape index (κ1) is 9.56. The SMILES string of the molecule is CCc1ccc(Cl)cc1CNC. The van der Waals surface area contributed by atoms with E-state index in [4.69, 9.17) is 11.6 Å². The minimum absolute atomic E-state index is 0.817. The summed E-state index contributed by atoms with van der Waals surface area (Å²) in [6.45, 7) is 3.05. The van der Waals surface area contributed by atoms with Crippen molar-refractivity contribution in [3.8, 4) is 0 Å². The molecule has 2 heteroatoms. The highest BCUT2D eigenvalue weighted by atomic mass is 35.5. The summed E-state index contributed by atoms with van der Waals surface area (Å²) in [7, 11) is 1.94. The Bertz CT molecular complexity index is 258. The van der Waals surface area contributed by atoms with Crippen LogP contribution in [-0.2, 0) is 13.0 Å². The van der Waals surface area contributed by atoms with Crippen molar-refractivity contribution >= 4 is 11.6 Å². The van der Waals surface area contributed by atoms with Crippen molar-refractivity contribution in [2.45, 2.75) is 19.9 Å². The largest absolute Gasteiger partial charge is 0.316 e. The van der Waals surface area contributed by atoms with E-state index >= 15 is 0 Å². The molecule has 66 valence electrons. The van der Waals surface area contributed by atoms with Crippen LogP contribution in [0, 0.1) is 0 Å². The summed E-state index contributed by atoms with van der Waals surface area (Å²) in [4.78, 5) is 0. The molecule has 0 aliphatic carbocycles. The summed E-state index contributed by atoms with van der Waals surface area (Å²) in [6.07, 6.45) is 1.06. The van der Waals surface area contributed by atoms with E-state index in [1.807, 2.05) is 19.2 Å². The van der Waals surface area contributed by atoms with Crippen molar-refractivity contribution in [3.05, 3.63) is 34.3 Å². The summed E-state index contributed by atoms with van der Waals surface area (Å²) in [6, 6.07) is 6.06. The lowest BCUT2D eigenvalue weighted by molar-refractivity contribution is 0.806. The molecule has 0 spiro atoms. The molecule has 0 fully saturated rings. The lowest BCUT2D eigenvalue weighted by Gasteiger charge is -2.06. The molecule has 0 saturated carbocycles.